The predicted molar refractivity (Wildman–Crippen MR) is 49.5 cm³/mol. The first-order valence-corrected chi connectivity index (χ1v) is 6.13. The zero-order chi connectivity index (χ0) is 7.84. The topological polar surface area (TPSA) is 6.48 Å². The van der Waals surface area contributed by atoms with Gasteiger partial charge in [-0.05, 0) is 19.4 Å². The Labute approximate surface area is 77.0 Å². The van der Waals surface area contributed by atoms with Gasteiger partial charge in [0.1, 0.15) is 0 Å². The molecule has 0 aromatic carbocycles. The van der Waals surface area contributed by atoms with E-state index in [1.54, 1.807) is 0 Å². The Morgan fingerprint density at radius 1 is 1.36 bits per heavy atom. The summed E-state index contributed by atoms with van der Waals surface area (Å²) in [6.45, 7) is 4.05. The minimum absolute atomic E-state index is 0.913. The van der Waals surface area contributed by atoms with Crippen molar-refractivity contribution in [2.45, 2.75) is 12.5 Å². The largest absolute Gasteiger partial charge is 0.313 e. The van der Waals surface area contributed by atoms with Gasteiger partial charge in [0.05, 0.1) is 0 Å². The van der Waals surface area contributed by atoms with Crippen molar-refractivity contribution < 1.29 is 0 Å². The maximum atomic E-state index is 2.69. The summed E-state index contributed by atoms with van der Waals surface area (Å²) in [6.07, 6.45) is 1.48. The quantitative estimate of drug-likeness (QED) is 0.474. The zero-order valence-electron chi connectivity index (χ0n) is 7.58. The van der Waals surface area contributed by atoms with E-state index in [2.05, 4.69) is 16.8 Å². The van der Waals surface area contributed by atoms with Gasteiger partial charge in [0.2, 0.25) is 16.3 Å². The van der Waals surface area contributed by atoms with Gasteiger partial charge in [0.25, 0.3) is 0 Å². The van der Waals surface area contributed by atoms with Gasteiger partial charge in [-0.2, -0.15) is 0 Å². The molecule has 2 aliphatic rings. The monoisotopic (exact) mass is 168 g/mol. The average Bonchev–Trinajstić information content (AvgIpc) is 2.25. The minimum atomic E-state index is 0.913. The van der Waals surface area contributed by atoms with Crippen LogP contribution in [-0.2, 0) is 0 Å². The molecule has 2 nitrogen and oxygen atoms in total. The van der Waals surface area contributed by atoms with Crippen LogP contribution in [0.25, 0.3) is 0 Å². The number of piperidine rings is 1. The molecule has 2 fully saturated rings. The minimum Gasteiger partial charge on any atom is -0.313 e. The van der Waals surface area contributed by atoms with Crippen LogP contribution in [0.1, 0.15) is 6.42 Å². The molecular formula is C8H17AlN2. The lowest BCUT2D eigenvalue weighted by Gasteiger charge is -2.29. The van der Waals surface area contributed by atoms with Gasteiger partial charge in [-0.25, -0.2) is 0 Å². The van der Waals surface area contributed by atoms with Gasteiger partial charge in [-0.15, -0.1) is 0 Å². The van der Waals surface area contributed by atoms with Crippen LogP contribution in [0, 0.1) is 5.92 Å². The van der Waals surface area contributed by atoms with Gasteiger partial charge >= 0.3 is 0 Å². The third kappa shape index (κ3) is 1.48. The Balaban J connectivity index is 2.02. The first kappa shape index (κ1) is 8.07. The Morgan fingerprint density at radius 3 is 2.91 bits per heavy atom. The fraction of sp³-hybridized carbons (Fsp3) is 1.00. The van der Waals surface area contributed by atoms with E-state index < -0.39 is 0 Å². The Bertz CT molecular complexity index is 151. The van der Waals surface area contributed by atoms with Crippen molar-refractivity contribution in [1.82, 2.24) is 9.80 Å². The summed E-state index contributed by atoms with van der Waals surface area (Å²) >= 11 is 1.34. The highest BCUT2D eigenvalue weighted by atomic mass is 27.0. The number of fused-ring (bicyclic) bond motifs is 2. The Kier molecular flexibility index (Phi) is 2.25. The zero-order valence-corrected chi connectivity index (χ0v) is 9.58. The van der Waals surface area contributed by atoms with Crippen molar-refractivity contribution in [3.05, 3.63) is 0 Å². The maximum absolute atomic E-state index is 2.69. The molecule has 2 saturated heterocycles. The van der Waals surface area contributed by atoms with Crippen LogP contribution >= 0.6 is 0 Å². The number of hydrogen-bond acceptors (Lipinski definition) is 2. The highest BCUT2D eigenvalue weighted by molar-refractivity contribution is 6.08. The van der Waals surface area contributed by atoms with E-state index in [-0.39, 0.29) is 0 Å². The molecule has 2 heterocycles. The van der Waals surface area contributed by atoms with Gasteiger partial charge in [0.15, 0.2) is 0 Å². The van der Waals surface area contributed by atoms with Gasteiger partial charge in [0, 0.05) is 25.7 Å². The van der Waals surface area contributed by atoms with Crippen LogP contribution in [-0.4, -0.2) is 64.2 Å². The molecule has 0 N–H and O–H groups in total. The molecule has 0 saturated carbocycles. The lowest BCUT2D eigenvalue weighted by Crippen LogP contribution is -2.40. The van der Waals surface area contributed by atoms with Crippen LogP contribution in [0.3, 0.4) is 0 Å². The molecule has 0 aliphatic carbocycles. The normalized spacial score (nSPS) is 39.7. The lowest BCUT2D eigenvalue weighted by molar-refractivity contribution is 0.200. The highest BCUT2D eigenvalue weighted by Gasteiger charge is 2.35. The number of nitrogens with zero attached hydrogens (tertiary/aromatic N) is 2. The summed E-state index contributed by atoms with van der Waals surface area (Å²) in [6, 6.07) is 0.913. The molecule has 2 bridgehead atoms. The fourth-order valence-corrected chi connectivity index (χ4v) is 3.45. The SMILES string of the molecule is CN1CC2CC(C1)N([CH2][AlH2])C2. The van der Waals surface area contributed by atoms with E-state index in [4.69, 9.17) is 0 Å². The van der Waals surface area contributed by atoms with E-state index in [0.717, 1.165) is 12.0 Å². The summed E-state index contributed by atoms with van der Waals surface area (Å²) in [7, 11) is 2.26. The molecule has 0 radical (unpaired) electrons. The molecule has 11 heavy (non-hydrogen) atoms. The summed E-state index contributed by atoms with van der Waals surface area (Å²) in [5, 5.41) is 1.38. The fourth-order valence-electron chi connectivity index (χ4n) is 2.67. The highest BCUT2D eigenvalue weighted by Crippen LogP contribution is 2.27. The second-order valence-electron chi connectivity index (χ2n) is 4.06. The van der Waals surface area contributed by atoms with Crippen molar-refractivity contribution in [1.29, 1.82) is 0 Å². The molecule has 2 aliphatic heterocycles. The van der Waals surface area contributed by atoms with E-state index in [0.29, 0.717) is 0 Å². The molecule has 0 aromatic heterocycles. The van der Waals surface area contributed by atoms with Crippen molar-refractivity contribution in [3.8, 4) is 0 Å². The van der Waals surface area contributed by atoms with Gasteiger partial charge in [-0.1, -0.05) is 5.41 Å². The Morgan fingerprint density at radius 2 is 2.18 bits per heavy atom. The lowest BCUT2D eigenvalue weighted by atomic mass is 10.0. The van der Waals surface area contributed by atoms with Crippen molar-refractivity contribution in [2.24, 2.45) is 5.92 Å². The standard InChI is InChI=1S/C8H15N2.Al.2H/c1-9-4-7-3-8(6-9)10(2)5-7;;;/h7-8H,2-6H2,1H3;;;. The van der Waals surface area contributed by atoms with Crippen molar-refractivity contribution in [3.63, 3.8) is 0 Å². The van der Waals surface area contributed by atoms with E-state index in [1.807, 2.05) is 0 Å². The summed E-state index contributed by atoms with van der Waals surface area (Å²) < 4.78 is 0. The summed E-state index contributed by atoms with van der Waals surface area (Å²) in [5.41, 5.74) is 0. The van der Waals surface area contributed by atoms with Gasteiger partial charge in [-0.3, -0.25) is 0 Å². The molecule has 2 atom stereocenters. The second kappa shape index (κ2) is 3.07. The molecule has 3 heteroatoms. The van der Waals surface area contributed by atoms with Crippen molar-refractivity contribution in [2.75, 3.05) is 32.1 Å². The van der Waals surface area contributed by atoms with Gasteiger partial charge < -0.3 is 9.80 Å². The van der Waals surface area contributed by atoms with E-state index in [1.165, 1.54) is 47.8 Å². The second-order valence-corrected chi connectivity index (χ2v) is 4.70. The molecule has 0 spiro atoms. The summed E-state index contributed by atoms with van der Waals surface area (Å²) in [4.78, 5) is 5.19. The van der Waals surface area contributed by atoms with Crippen LogP contribution in [0.2, 0.25) is 0 Å². The third-order valence-corrected chi connectivity index (χ3v) is 3.93. The third-order valence-electron chi connectivity index (χ3n) is 3.11. The average molecular weight is 168 g/mol. The first-order chi connectivity index (χ1) is 5.29. The Hall–Kier alpha value is 0.452. The molecule has 0 amide bonds. The molecule has 0 aromatic rings. The smallest absolute Gasteiger partial charge is 0.234 e. The van der Waals surface area contributed by atoms with Crippen LogP contribution in [0.5, 0.6) is 0 Å². The molecule has 2 unspecified atom stereocenters. The van der Waals surface area contributed by atoms with E-state index >= 15 is 0 Å². The molecule has 62 valence electrons. The summed E-state index contributed by atoms with van der Waals surface area (Å²) in [5.74, 6) is 0.993. The molecular weight excluding hydrogens is 151 g/mol. The number of likely N-dealkylation sites (N-methyl/N-ethyl adjacent to an activating group) is 1. The number of rotatable bonds is 1. The van der Waals surface area contributed by atoms with Crippen LogP contribution in [0.4, 0.5) is 0 Å². The van der Waals surface area contributed by atoms with Crippen LogP contribution < -0.4 is 0 Å². The maximum Gasteiger partial charge on any atom is 0.234 e. The number of hydrogen-bond donors (Lipinski definition) is 0. The van der Waals surface area contributed by atoms with Crippen molar-refractivity contribution >= 4 is 16.3 Å². The molecule has 2 rings (SSSR count). The predicted octanol–water partition coefficient (Wildman–Crippen LogP) is -0.787. The number of likely N-dealkylation sites (tertiary alicyclic amines) is 2. The van der Waals surface area contributed by atoms with E-state index in [9.17, 15) is 0 Å². The first-order valence-electron chi connectivity index (χ1n) is 4.72. The van der Waals surface area contributed by atoms with Crippen LogP contribution in [0.15, 0.2) is 0 Å².